The molecule has 0 saturated carbocycles. The van der Waals surface area contributed by atoms with Crippen LogP contribution in [-0.4, -0.2) is 17.0 Å². The first-order chi connectivity index (χ1) is 8.75. The first-order valence-electron chi connectivity index (χ1n) is 6.27. The smallest absolute Gasteiger partial charge is 0.259 e. The van der Waals surface area contributed by atoms with E-state index >= 15 is 0 Å². The highest BCUT2D eigenvalue weighted by Gasteiger charge is 2.23. The van der Waals surface area contributed by atoms with Gasteiger partial charge >= 0.3 is 0 Å². The summed E-state index contributed by atoms with van der Waals surface area (Å²) in [5, 5.41) is 0. The quantitative estimate of drug-likeness (QED) is 0.752. The molecule has 2 aromatic rings. The fourth-order valence-corrected chi connectivity index (χ4v) is 2.53. The minimum absolute atomic E-state index is 0.0998. The zero-order chi connectivity index (χ0) is 12.5. The van der Waals surface area contributed by atoms with Gasteiger partial charge in [0.05, 0.1) is 5.56 Å². The Labute approximate surface area is 107 Å². The van der Waals surface area contributed by atoms with Crippen LogP contribution in [-0.2, 0) is 13.5 Å². The first kappa shape index (κ1) is 11.1. The molecule has 1 aromatic carbocycles. The van der Waals surface area contributed by atoms with Crippen molar-refractivity contribution in [3.63, 3.8) is 0 Å². The number of nitrogens with zero attached hydrogens (tertiary/aromatic N) is 2. The van der Waals surface area contributed by atoms with Crippen LogP contribution < -0.4 is 4.90 Å². The van der Waals surface area contributed by atoms with E-state index in [2.05, 4.69) is 6.07 Å². The maximum absolute atomic E-state index is 12.5. The molecule has 0 fully saturated rings. The molecule has 0 aliphatic carbocycles. The SMILES string of the molecule is Cn1ccc(C(=O)N2CCCc3ccccc32)c1. The normalized spacial score (nSPS) is 14.4. The molecule has 3 rings (SSSR count). The lowest BCUT2D eigenvalue weighted by atomic mass is 10.0. The molecule has 0 saturated heterocycles. The molecule has 1 amide bonds. The van der Waals surface area contributed by atoms with Crippen molar-refractivity contribution in [1.29, 1.82) is 0 Å². The highest BCUT2D eigenvalue weighted by atomic mass is 16.2. The van der Waals surface area contributed by atoms with E-state index in [4.69, 9.17) is 0 Å². The number of anilines is 1. The van der Waals surface area contributed by atoms with Gasteiger partial charge in [0.2, 0.25) is 0 Å². The van der Waals surface area contributed by atoms with E-state index in [-0.39, 0.29) is 5.91 Å². The third kappa shape index (κ3) is 1.82. The molecule has 1 aliphatic rings. The molecule has 0 spiro atoms. The third-order valence-corrected chi connectivity index (χ3v) is 3.43. The van der Waals surface area contributed by atoms with Crippen LogP contribution in [0.1, 0.15) is 22.3 Å². The number of para-hydroxylation sites is 1. The largest absolute Gasteiger partial charge is 0.356 e. The first-order valence-corrected chi connectivity index (χ1v) is 6.27. The molecule has 0 radical (unpaired) electrons. The van der Waals surface area contributed by atoms with Gasteiger partial charge in [0, 0.05) is 31.7 Å². The lowest BCUT2D eigenvalue weighted by molar-refractivity contribution is 0.0985. The van der Waals surface area contributed by atoms with Gasteiger partial charge in [-0.1, -0.05) is 18.2 Å². The Morgan fingerprint density at radius 1 is 1.22 bits per heavy atom. The Bertz CT molecular complexity index is 586. The summed E-state index contributed by atoms with van der Waals surface area (Å²) in [5.74, 6) is 0.0998. The van der Waals surface area contributed by atoms with Crippen LogP contribution in [0.4, 0.5) is 5.69 Å². The predicted octanol–water partition coefficient (Wildman–Crippen LogP) is 2.62. The second kappa shape index (κ2) is 4.33. The van der Waals surface area contributed by atoms with Crippen LogP contribution >= 0.6 is 0 Å². The van der Waals surface area contributed by atoms with Crippen LogP contribution in [0, 0.1) is 0 Å². The van der Waals surface area contributed by atoms with E-state index in [0.29, 0.717) is 0 Å². The van der Waals surface area contributed by atoms with Gasteiger partial charge in [-0.3, -0.25) is 4.79 Å². The Balaban J connectivity index is 1.96. The van der Waals surface area contributed by atoms with E-state index in [0.717, 1.165) is 30.6 Å². The summed E-state index contributed by atoms with van der Waals surface area (Å²) in [7, 11) is 1.93. The van der Waals surface area contributed by atoms with Crippen molar-refractivity contribution in [2.75, 3.05) is 11.4 Å². The van der Waals surface area contributed by atoms with Gasteiger partial charge in [-0.25, -0.2) is 0 Å². The van der Waals surface area contributed by atoms with Crippen molar-refractivity contribution in [3.8, 4) is 0 Å². The van der Waals surface area contributed by atoms with E-state index < -0.39 is 0 Å². The molecule has 92 valence electrons. The van der Waals surface area contributed by atoms with Gasteiger partial charge in [0.25, 0.3) is 5.91 Å². The van der Waals surface area contributed by atoms with Gasteiger partial charge in [0.15, 0.2) is 0 Å². The van der Waals surface area contributed by atoms with E-state index in [1.54, 1.807) is 0 Å². The molecule has 0 bridgehead atoms. The number of aromatic nitrogens is 1. The number of carbonyl (C=O) groups is 1. The van der Waals surface area contributed by atoms with Gasteiger partial charge < -0.3 is 9.47 Å². The summed E-state index contributed by atoms with van der Waals surface area (Å²) in [6.07, 6.45) is 5.88. The number of hydrogen-bond donors (Lipinski definition) is 0. The van der Waals surface area contributed by atoms with E-state index in [9.17, 15) is 4.79 Å². The molecule has 2 heterocycles. The van der Waals surface area contributed by atoms with Crippen molar-refractivity contribution in [3.05, 3.63) is 53.9 Å². The van der Waals surface area contributed by atoms with Crippen LogP contribution in [0.5, 0.6) is 0 Å². The Hall–Kier alpha value is -2.03. The molecular formula is C15H16N2O. The molecule has 1 aliphatic heterocycles. The number of rotatable bonds is 1. The molecule has 0 unspecified atom stereocenters. The van der Waals surface area contributed by atoms with Gasteiger partial charge in [-0.2, -0.15) is 0 Å². The van der Waals surface area contributed by atoms with Crippen molar-refractivity contribution in [2.45, 2.75) is 12.8 Å². The highest BCUT2D eigenvalue weighted by Crippen LogP contribution is 2.27. The Morgan fingerprint density at radius 3 is 2.83 bits per heavy atom. The average Bonchev–Trinajstić information content (AvgIpc) is 2.84. The molecule has 0 N–H and O–H groups in total. The van der Waals surface area contributed by atoms with Crippen LogP contribution in [0.3, 0.4) is 0 Å². The second-order valence-electron chi connectivity index (χ2n) is 4.75. The lowest BCUT2D eigenvalue weighted by Crippen LogP contribution is -2.35. The zero-order valence-corrected chi connectivity index (χ0v) is 10.5. The van der Waals surface area contributed by atoms with E-state index in [1.807, 2.05) is 53.2 Å². The summed E-state index contributed by atoms with van der Waals surface area (Å²) in [6, 6.07) is 10.1. The highest BCUT2D eigenvalue weighted by molar-refractivity contribution is 6.06. The van der Waals surface area contributed by atoms with Crippen molar-refractivity contribution in [2.24, 2.45) is 7.05 Å². The van der Waals surface area contributed by atoms with Crippen molar-refractivity contribution >= 4 is 11.6 Å². The number of amides is 1. The van der Waals surface area contributed by atoms with Crippen LogP contribution in [0.2, 0.25) is 0 Å². The molecular weight excluding hydrogens is 224 g/mol. The third-order valence-electron chi connectivity index (χ3n) is 3.43. The zero-order valence-electron chi connectivity index (χ0n) is 10.5. The number of fused-ring (bicyclic) bond motifs is 1. The number of aryl methyl sites for hydroxylation is 2. The number of hydrogen-bond acceptors (Lipinski definition) is 1. The summed E-state index contributed by atoms with van der Waals surface area (Å²) in [5.41, 5.74) is 3.10. The lowest BCUT2D eigenvalue weighted by Gasteiger charge is -2.29. The summed E-state index contributed by atoms with van der Waals surface area (Å²) in [4.78, 5) is 14.4. The van der Waals surface area contributed by atoms with Gasteiger partial charge in [-0.15, -0.1) is 0 Å². The fraction of sp³-hybridized carbons (Fsp3) is 0.267. The standard InChI is InChI=1S/C15H16N2O/c1-16-10-8-13(11-16)15(18)17-9-4-6-12-5-2-3-7-14(12)17/h2-3,5,7-8,10-11H,4,6,9H2,1H3. The average molecular weight is 240 g/mol. The number of carbonyl (C=O) groups excluding carboxylic acids is 1. The second-order valence-corrected chi connectivity index (χ2v) is 4.75. The summed E-state index contributed by atoms with van der Waals surface area (Å²) >= 11 is 0. The van der Waals surface area contributed by atoms with Crippen LogP contribution in [0.15, 0.2) is 42.7 Å². The van der Waals surface area contributed by atoms with E-state index in [1.165, 1.54) is 5.56 Å². The minimum atomic E-state index is 0.0998. The Morgan fingerprint density at radius 2 is 2.06 bits per heavy atom. The molecule has 3 heteroatoms. The molecule has 18 heavy (non-hydrogen) atoms. The topological polar surface area (TPSA) is 25.2 Å². The maximum atomic E-state index is 12.5. The summed E-state index contributed by atoms with van der Waals surface area (Å²) in [6.45, 7) is 0.810. The van der Waals surface area contributed by atoms with Crippen LogP contribution in [0.25, 0.3) is 0 Å². The van der Waals surface area contributed by atoms with Crippen molar-refractivity contribution in [1.82, 2.24) is 4.57 Å². The monoisotopic (exact) mass is 240 g/mol. The minimum Gasteiger partial charge on any atom is -0.356 e. The maximum Gasteiger partial charge on any atom is 0.259 e. The molecule has 1 aromatic heterocycles. The van der Waals surface area contributed by atoms with Gasteiger partial charge in [0.1, 0.15) is 0 Å². The molecule has 3 nitrogen and oxygen atoms in total. The Kier molecular flexibility index (Phi) is 2.67. The number of benzene rings is 1. The summed E-state index contributed by atoms with van der Waals surface area (Å²) < 4.78 is 1.91. The van der Waals surface area contributed by atoms with Gasteiger partial charge in [-0.05, 0) is 30.5 Å². The predicted molar refractivity (Wildman–Crippen MR) is 71.9 cm³/mol. The molecule has 0 atom stereocenters. The van der Waals surface area contributed by atoms with Crippen molar-refractivity contribution < 1.29 is 4.79 Å². The fourth-order valence-electron chi connectivity index (χ4n) is 2.53.